The predicted octanol–water partition coefficient (Wildman–Crippen LogP) is 1.92. The second kappa shape index (κ2) is 5.71. The Hall–Kier alpha value is -1.40. The highest BCUT2D eigenvalue weighted by Crippen LogP contribution is 2.20. The molecule has 19 heavy (non-hydrogen) atoms. The van der Waals surface area contributed by atoms with E-state index >= 15 is 0 Å². The van der Waals surface area contributed by atoms with Crippen molar-refractivity contribution in [3.05, 3.63) is 29.8 Å². The van der Waals surface area contributed by atoms with Crippen LogP contribution in [0, 0.1) is 6.92 Å². The van der Waals surface area contributed by atoms with Gasteiger partial charge in [0.05, 0.1) is 4.90 Å². The first-order valence-corrected chi connectivity index (χ1v) is 7.60. The van der Waals surface area contributed by atoms with Gasteiger partial charge in [-0.1, -0.05) is 26.0 Å². The molecule has 0 aliphatic heterocycles. The Bertz CT molecular complexity index is 562. The van der Waals surface area contributed by atoms with Gasteiger partial charge in [0, 0.05) is 0 Å². The molecule has 0 amide bonds. The molecule has 0 atom stereocenters. The van der Waals surface area contributed by atoms with Crippen molar-refractivity contribution in [1.82, 2.24) is 4.72 Å². The van der Waals surface area contributed by atoms with Crippen molar-refractivity contribution in [3.63, 3.8) is 0 Å². The fraction of sp³-hybridized carbons (Fsp3) is 0.462. The first-order chi connectivity index (χ1) is 8.77. The molecule has 0 aliphatic carbocycles. The third-order valence-electron chi connectivity index (χ3n) is 3.25. The molecule has 106 valence electrons. The summed E-state index contributed by atoms with van der Waals surface area (Å²) < 4.78 is 26.8. The van der Waals surface area contributed by atoms with Gasteiger partial charge in [0.15, 0.2) is 0 Å². The number of nitrogens with one attached hydrogen (secondary N) is 1. The number of hydrogen-bond acceptors (Lipinski definition) is 3. The van der Waals surface area contributed by atoms with E-state index in [0.29, 0.717) is 0 Å². The molecular formula is C13H19NO4S. The van der Waals surface area contributed by atoms with Crippen molar-refractivity contribution >= 4 is 16.0 Å². The van der Waals surface area contributed by atoms with Crippen molar-refractivity contribution in [2.24, 2.45) is 0 Å². The van der Waals surface area contributed by atoms with Crippen LogP contribution in [0.1, 0.15) is 32.3 Å². The highest BCUT2D eigenvalue weighted by atomic mass is 32.2. The zero-order valence-electron chi connectivity index (χ0n) is 11.3. The number of carboxylic acids is 1. The topological polar surface area (TPSA) is 83.5 Å². The number of carboxylic acid groups (broad SMARTS) is 1. The van der Waals surface area contributed by atoms with Crippen molar-refractivity contribution < 1.29 is 18.3 Å². The summed E-state index contributed by atoms with van der Waals surface area (Å²) in [7, 11) is -3.84. The Kier molecular flexibility index (Phi) is 4.70. The Morgan fingerprint density at radius 3 is 2.32 bits per heavy atom. The summed E-state index contributed by atoms with van der Waals surface area (Å²) >= 11 is 0. The lowest BCUT2D eigenvalue weighted by Gasteiger charge is -2.27. The second-order valence-electron chi connectivity index (χ2n) is 4.52. The van der Waals surface area contributed by atoms with Crippen LogP contribution in [0.15, 0.2) is 29.2 Å². The van der Waals surface area contributed by atoms with Crippen LogP contribution in [0.5, 0.6) is 0 Å². The molecule has 1 aromatic rings. The van der Waals surface area contributed by atoms with Crippen LogP contribution in [0.25, 0.3) is 0 Å². The van der Waals surface area contributed by atoms with E-state index in [-0.39, 0.29) is 17.7 Å². The fourth-order valence-electron chi connectivity index (χ4n) is 1.84. The summed E-state index contributed by atoms with van der Waals surface area (Å²) in [6.45, 7) is 5.08. The molecule has 1 rings (SSSR count). The third-order valence-corrected chi connectivity index (χ3v) is 4.78. The van der Waals surface area contributed by atoms with Crippen LogP contribution in [0.2, 0.25) is 0 Å². The van der Waals surface area contributed by atoms with E-state index in [9.17, 15) is 18.3 Å². The zero-order chi connectivity index (χ0) is 14.7. The SMILES string of the molecule is CCC(CC)(NS(=O)(=O)c1cccc(C)c1)C(=O)O. The Morgan fingerprint density at radius 1 is 1.32 bits per heavy atom. The van der Waals surface area contributed by atoms with Gasteiger partial charge in [0.2, 0.25) is 10.0 Å². The van der Waals surface area contributed by atoms with E-state index in [2.05, 4.69) is 4.72 Å². The minimum absolute atomic E-state index is 0.0834. The summed E-state index contributed by atoms with van der Waals surface area (Å²) in [6, 6.07) is 6.38. The first-order valence-electron chi connectivity index (χ1n) is 6.11. The van der Waals surface area contributed by atoms with Gasteiger partial charge in [-0.25, -0.2) is 8.42 Å². The molecule has 6 heteroatoms. The minimum Gasteiger partial charge on any atom is -0.480 e. The molecule has 0 saturated carbocycles. The van der Waals surface area contributed by atoms with Gasteiger partial charge in [-0.2, -0.15) is 4.72 Å². The van der Waals surface area contributed by atoms with Crippen LogP contribution in [-0.4, -0.2) is 25.0 Å². The molecule has 0 saturated heterocycles. The number of rotatable bonds is 6. The van der Waals surface area contributed by atoms with Gasteiger partial charge in [-0.05, 0) is 37.5 Å². The molecule has 0 spiro atoms. The van der Waals surface area contributed by atoms with E-state index in [1.54, 1.807) is 32.9 Å². The van der Waals surface area contributed by atoms with E-state index < -0.39 is 21.5 Å². The summed E-state index contributed by atoms with van der Waals surface area (Å²) in [5.74, 6) is -1.16. The number of aryl methyl sites for hydroxylation is 1. The minimum atomic E-state index is -3.84. The first kappa shape index (κ1) is 15.7. The fourth-order valence-corrected chi connectivity index (χ4v) is 3.45. The summed E-state index contributed by atoms with van der Waals surface area (Å²) in [5, 5.41) is 9.26. The summed E-state index contributed by atoms with van der Waals surface area (Å²) in [4.78, 5) is 11.4. The van der Waals surface area contributed by atoms with Crippen molar-refractivity contribution in [1.29, 1.82) is 0 Å². The van der Waals surface area contributed by atoms with Gasteiger partial charge >= 0.3 is 5.97 Å². The van der Waals surface area contributed by atoms with Gasteiger partial charge in [0.25, 0.3) is 0 Å². The highest BCUT2D eigenvalue weighted by molar-refractivity contribution is 7.89. The summed E-state index contributed by atoms with van der Waals surface area (Å²) in [5.41, 5.74) is -0.653. The smallest absolute Gasteiger partial charge is 0.324 e. The highest BCUT2D eigenvalue weighted by Gasteiger charge is 2.39. The monoisotopic (exact) mass is 285 g/mol. The average Bonchev–Trinajstić information content (AvgIpc) is 2.35. The maximum absolute atomic E-state index is 12.2. The largest absolute Gasteiger partial charge is 0.480 e. The van der Waals surface area contributed by atoms with Crippen molar-refractivity contribution in [3.8, 4) is 0 Å². The number of hydrogen-bond donors (Lipinski definition) is 2. The molecule has 0 radical (unpaired) electrons. The van der Waals surface area contributed by atoms with Crippen LogP contribution in [0.3, 0.4) is 0 Å². The maximum Gasteiger partial charge on any atom is 0.324 e. The van der Waals surface area contributed by atoms with Crippen LogP contribution < -0.4 is 4.72 Å². The lowest BCUT2D eigenvalue weighted by atomic mass is 9.95. The quantitative estimate of drug-likeness (QED) is 0.836. The van der Waals surface area contributed by atoms with E-state index in [1.807, 2.05) is 0 Å². The van der Waals surface area contributed by atoms with Gasteiger partial charge < -0.3 is 5.11 Å². The van der Waals surface area contributed by atoms with E-state index in [0.717, 1.165) is 5.56 Å². The molecule has 0 fully saturated rings. The number of sulfonamides is 1. The van der Waals surface area contributed by atoms with E-state index in [1.165, 1.54) is 12.1 Å². The number of benzene rings is 1. The Balaban J connectivity index is 3.18. The summed E-state index contributed by atoms with van der Waals surface area (Å²) in [6.07, 6.45) is 0.369. The normalized spacial score (nSPS) is 12.4. The molecule has 5 nitrogen and oxygen atoms in total. The molecule has 0 aromatic heterocycles. The second-order valence-corrected chi connectivity index (χ2v) is 6.20. The van der Waals surface area contributed by atoms with Gasteiger partial charge in [-0.3, -0.25) is 4.79 Å². The molecule has 0 aliphatic rings. The molecule has 2 N–H and O–H groups in total. The zero-order valence-corrected chi connectivity index (χ0v) is 12.1. The van der Waals surface area contributed by atoms with Crippen molar-refractivity contribution in [2.45, 2.75) is 44.0 Å². The molecule has 0 heterocycles. The lowest BCUT2D eigenvalue weighted by Crippen LogP contribution is -2.53. The van der Waals surface area contributed by atoms with E-state index in [4.69, 9.17) is 0 Å². The Morgan fingerprint density at radius 2 is 1.89 bits per heavy atom. The molecule has 0 unspecified atom stereocenters. The van der Waals surface area contributed by atoms with Gasteiger partial charge in [-0.15, -0.1) is 0 Å². The lowest BCUT2D eigenvalue weighted by molar-refractivity contribution is -0.144. The maximum atomic E-state index is 12.2. The van der Waals surface area contributed by atoms with Crippen LogP contribution in [0.4, 0.5) is 0 Å². The van der Waals surface area contributed by atoms with Crippen LogP contribution in [-0.2, 0) is 14.8 Å². The number of carbonyl (C=O) groups is 1. The molecular weight excluding hydrogens is 266 g/mol. The predicted molar refractivity (Wildman–Crippen MR) is 72.4 cm³/mol. The average molecular weight is 285 g/mol. The van der Waals surface area contributed by atoms with Gasteiger partial charge in [0.1, 0.15) is 5.54 Å². The third kappa shape index (κ3) is 3.33. The van der Waals surface area contributed by atoms with Crippen LogP contribution >= 0.6 is 0 Å². The Labute approximate surface area is 113 Å². The molecule has 0 bridgehead atoms. The molecule has 1 aromatic carbocycles. The number of aliphatic carboxylic acids is 1. The van der Waals surface area contributed by atoms with Crippen molar-refractivity contribution in [2.75, 3.05) is 0 Å². The standard InChI is InChI=1S/C13H19NO4S/c1-4-13(5-2,12(15)16)14-19(17,18)11-8-6-7-10(3)9-11/h6-9,14H,4-5H2,1-3H3,(H,15,16).